The van der Waals surface area contributed by atoms with Crippen LogP contribution in [0.1, 0.15) is 44.7 Å². The summed E-state index contributed by atoms with van der Waals surface area (Å²) >= 11 is 0. The molecule has 190 valence electrons. The molecule has 4 N–H and O–H groups in total. The number of alkyl halides is 3. The fraction of sp³-hybridized carbons (Fsp3) is 0.417. The summed E-state index contributed by atoms with van der Waals surface area (Å²) in [5.74, 6) is -1.40. The number of carboxylic acid groups (broad SMARTS) is 1. The first-order chi connectivity index (χ1) is 16.8. The van der Waals surface area contributed by atoms with Crippen LogP contribution < -0.4 is 10.9 Å². The molecule has 0 amide bonds. The first-order valence-electron chi connectivity index (χ1n) is 11.2. The SMILES string of the molecule is CC(C)(C(=O)O)C(O)(c1ccc(Nc2nn(C(CC#N)C3CC3)c3cc[nH]c(=O)c23)cc1)C(F)(F)F. The summed E-state index contributed by atoms with van der Waals surface area (Å²) in [7, 11) is 0. The van der Waals surface area contributed by atoms with Gasteiger partial charge in [0.15, 0.2) is 5.82 Å². The zero-order chi connectivity index (χ0) is 26.5. The van der Waals surface area contributed by atoms with E-state index in [2.05, 4.69) is 21.5 Å². The van der Waals surface area contributed by atoms with Crippen LogP contribution in [0.25, 0.3) is 10.9 Å². The van der Waals surface area contributed by atoms with Gasteiger partial charge in [-0.25, -0.2) is 0 Å². The van der Waals surface area contributed by atoms with Crippen molar-refractivity contribution in [2.24, 2.45) is 11.3 Å². The number of H-pyrrole nitrogens is 1. The quantitative estimate of drug-likeness (QED) is 0.361. The molecule has 0 saturated heterocycles. The van der Waals surface area contributed by atoms with Crippen molar-refractivity contribution in [1.82, 2.24) is 14.8 Å². The molecule has 0 radical (unpaired) electrons. The van der Waals surface area contributed by atoms with Gasteiger partial charge in [-0.05, 0) is 56.4 Å². The van der Waals surface area contributed by atoms with E-state index >= 15 is 0 Å². The molecular formula is C24H24F3N5O4. The molecule has 0 aliphatic heterocycles. The molecule has 1 aliphatic carbocycles. The Kier molecular flexibility index (Phi) is 6.08. The second-order valence-corrected chi connectivity index (χ2v) is 9.47. The third-order valence-electron chi connectivity index (χ3n) is 6.83. The molecule has 9 nitrogen and oxygen atoms in total. The number of aliphatic hydroxyl groups is 1. The monoisotopic (exact) mass is 503 g/mol. The number of hydrogen-bond donors (Lipinski definition) is 4. The van der Waals surface area contributed by atoms with Crippen LogP contribution in [0.4, 0.5) is 24.7 Å². The van der Waals surface area contributed by atoms with Crippen molar-refractivity contribution >= 4 is 28.4 Å². The number of fused-ring (bicyclic) bond motifs is 1. The lowest BCUT2D eigenvalue weighted by molar-refractivity contribution is -0.302. The molecule has 4 rings (SSSR count). The maximum Gasteiger partial charge on any atom is 0.422 e. The van der Waals surface area contributed by atoms with Crippen LogP contribution in [0, 0.1) is 22.7 Å². The zero-order valence-corrected chi connectivity index (χ0v) is 19.4. The van der Waals surface area contributed by atoms with Gasteiger partial charge in [0.05, 0.1) is 24.0 Å². The smallest absolute Gasteiger partial charge is 0.422 e. The number of rotatable bonds is 8. The van der Waals surface area contributed by atoms with Gasteiger partial charge in [0, 0.05) is 11.9 Å². The van der Waals surface area contributed by atoms with Crippen molar-refractivity contribution in [3.05, 3.63) is 52.4 Å². The number of carbonyl (C=O) groups is 1. The summed E-state index contributed by atoms with van der Waals surface area (Å²) in [6.07, 6.45) is -1.71. The summed E-state index contributed by atoms with van der Waals surface area (Å²) in [5.41, 5.74) is -6.55. The fourth-order valence-corrected chi connectivity index (χ4v) is 4.43. The van der Waals surface area contributed by atoms with Crippen molar-refractivity contribution in [3.63, 3.8) is 0 Å². The molecule has 0 bridgehead atoms. The van der Waals surface area contributed by atoms with Crippen LogP contribution in [0.2, 0.25) is 0 Å². The number of carboxylic acids is 1. The number of pyridine rings is 1. The standard InChI is InChI=1S/C24H24F3N5O4/c1-22(2,21(34)35)23(36,24(25,26)27)14-5-7-15(8-6-14)30-19-18-17(10-12-29-20(18)33)32(31-19)16(9-11-28)13-3-4-13/h5-8,10,12-13,16,36H,3-4,9H2,1-2H3,(H,29,33)(H,30,31)(H,34,35). The van der Waals surface area contributed by atoms with E-state index in [9.17, 15) is 38.2 Å². The Morgan fingerprint density at radius 3 is 2.44 bits per heavy atom. The Morgan fingerprint density at radius 1 is 1.28 bits per heavy atom. The van der Waals surface area contributed by atoms with E-state index in [1.165, 1.54) is 18.3 Å². The molecule has 2 unspecified atom stereocenters. The maximum atomic E-state index is 13.9. The average molecular weight is 503 g/mol. The van der Waals surface area contributed by atoms with Crippen molar-refractivity contribution in [3.8, 4) is 6.07 Å². The molecule has 1 saturated carbocycles. The molecule has 2 aromatic heterocycles. The number of nitrogens with one attached hydrogen (secondary N) is 2. The van der Waals surface area contributed by atoms with Crippen molar-refractivity contribution in [2.45, 2.75) is 50.9 Å². The van der Waals surface area contributed by atoms with Gasteiger partial charge in [-0.15, -0.1) is 0 Å². The topological polar surface area (TPSA) is 144 Å². The molecule has 1 aromatic carbocycles. The van der Waals surface area contributed by atoms with E-state index in [4.69, 9.17) is 0 Å². The van der Waals surface area contributed by atoms with E-state index in [0.717, 1.165) is 38.8 Å². The first kappa shape index (κ1) is 25.2. The van der Waals surface area contributed by atoms with Gasteiger partial charge in [-0.1, -0.05) is 12.1 Å². The summed E-state index contributed by atoms with van der Waals surface area (Å²) in [5, 5.41) is 37.0. The van der Waals surface area contributed by atoms with Crippen molar-refractivity contribution in [2.75, 3.05) is 5.32 Å². The highest BCUT2D eigenvalue weighted by atomic mass is 19.4. The third kappa shape index (κ3) is 3.99. The molecule has 1 aliphatic rings. The lowest BCUT2D eigenvalue weighted by Gasteiger charge is -2.41. The zero-order valence-electron chi connectivity index (χ0n) is 19.4. The van der Waals surface area contributed by atoms with Crippen LogP contribution in [0.3, 0.4) is 0 Å². The largest absolute Gasteiger partial charge is 0.481 e. The minimum absolute atomic E-state index is 0.153. The Labute approximate surface area is 203 Å². The third-order valence-corrected chi connectivity index (χ3v) is 6.83. The van der Waals surface area contributed by atoms with Gasteiger partial charge in [0.2, 0.25) is 5.60 Å². The lowest BCUT2D eigenvalue weighted by atomic mass is 9.70. The predicted octanol–water partition coefficient (Wildman–Crippen LogP) is 4.19. The van der Waals surface area contributed by atoms with Crippen LogP contribution >= 0.6 is 0 Å². The summed E-state index contributed by atoms with van der Waals surface area (Å²) < 4.78 is 43.4. The highest BCUT2D eigenvalue weighted by molar-refractivity contribution is 5.91. The normalized spacial score (nSPS) is 16.8. The van der Waals surface area contributed by atoms with Gasteiger partial charge in [-0.3, -0.25) is 14.3 Å². The number of halogens is 3. The highest BCUT2D eigenvalue weighted by Gasteiger charge is 2.66. The van der Waals surface area contributed by atoms with E-state index in [-0.39, 0.29) is 35.3 Å². The van der Waals surface area contributed by atoms with Crippen LogP contribution in [0.5, 0.6) is 0 Å². The van der Waals surface area contributed by atoms with Gasteiger partial charge in [-0.2, -0.15) is 23.5 Å². The highest BCUT2D eigenvalue weighted by Crippen LogP contribution is 2.51. The molecule has 1 fully saturated rings. The fourth-order valence-electron chi connectivity index (χ4n) is 4.43. The lowest BCUT2D eigenvalue weighted by Crippen LogP contribution is -2.56. The second-order valence-electron chi connectivity index (χ2n) is 9.47. The molecule has 36 heavy (non-hydrogen) atoms. The number of anilines is 2. The van der Waals surface area contributed by atoms with Gasteiger partial charge in [0.25, 0.3) is 5.56 Å². The second kappa shape index (κ2) is 8.67. The molecule has 2 atom stereocenters. The molecule has 12 heteroatoms. The van der Waals surface area contributed by atoms with E-state index < -0.39 is 34.3 Å². The number of nitriles is 1. The average Bonchev–Trinajstić information content (AvgIpc) is 3.58. The summed E-state index contributed by atoms with van der Waals surface area (Å²) in [6, 6.07) is 8.03. The van der Waals surface area contributed by atoms with Gasteiger partial charge >= 0.3 is 12.1 Å². The molecule has 3 aromatic rings. The minimum Gasteiger partial charge on any atom is -0.481 e. The summed E-state index contributed by atoms with van der Waals surface area (Å²) in [4.78, 5) is 26.8. The Hall–Kier alpha value is -3.85. The number of benzene rings is 1. The molecule has 2 heterocycles. The number of aromatic nitrogens is 3. The Bertz CT molecular complexity index is 1400. The van der Waals surface area contributed by atoms with Crippen LogP contribution in [-0.4, -0.2) is 37.1 Å². The van der Waals surface area contributed by atoms with E-state index in [1.54, 1.807) is 10.7 Å². The number of aromatic amines is 1. The minimum atomic E-state index is -5.27. The van der Waals surface area contributed by atoms with Crippen molar-refractivity contribution in [1.29, 1.82) is 5.26 Å². The first-order valence-corrected chi connectivity index (χ1v) is 11.2. The molecule has 0 spiro atoms. The van der Waals surface area contributed by atoms with Crippen molar-refractivity contribution < 1.29 is 28.2 Å². The number of nitrogens with zero attached hydrogens (tertiary/aromatic N) is 3. The predicted molar refractivity (Wildman–Crippen MR) is 123 cm³/mol. The van der Waals surface area contributed by atoms with Gasteiger partial charge in [0.1, 0.15) is 10.8 Å². The van der Waals surface area contributed by atoms with Gasteiger partial charge < -0.3 is 20.5 Å². The molecular weight excluding hydrogens is 479 g/mol. The summed E-state index contributed by atoms with van der Waals surface area (Å²) in [6.45, 7) is 1.61. The number of aliphatic carboxylic acids is 1. The van der Waals surface area contributed by atoms with E-state index in [0.29, 0.717) is 5.52 Å². The van der Waals surface area contributed by atoms with Crippen LogP contribution in [0.15, 0.2) is 41.3 Å². The van der Waals surface area contributed by atoms with E-state index in [1.807, 2.05) is 0 Å². The Balaban J connectivity index is 1.74. The maximum absolute atomic E-state index is 13.9. The Morgan fingerprint density at radius 2 is 1.92 bits per heavy atom. The van der Waals surface area contributed by atoms with Crippen LogP contribution in [-0.2, 0) is 10.4 Å². The number of hydrogen-bond acceptors (Lipinski definition) is 6.